The molecular formula is C23H22N4O2. The van der Waals surface area contributed by atoms with E-state index in [1.165, 1.54) is 11.1 Å². The summed E-state index contributed by atoms with van der Waals surface area (Å²) >= 11 is 0. The van der Waals surface area contributed by atoms with E-state index in [1.54, 1.807) is 35.4 Å². The normalized spacial score (nSPS) is 12.3. The molecule has 1 aliphatic heterocycles. The highest BCUT2D eigenvalue weighted by Crippen LogP contribution is 2.23. The Labute approximate surface area is 169 Å². The second-order valence-electron chi connectivity index (χ2n) is 6.96. The van der Waals surface area contributed by atoms with Gasteiger partial charge in [0.15, 0.2) is 0 Å². The van der Waals surface area contributed by atoms with E-state index in [2.05, 4.69) is 15.6 Å². The molecule has 3 amide bonds. The lowest BCUT2D eigenvalue weighted by Crippen LogP contribution is -2.30. The van der Waals surface area contributed by atoms with Crippen LogP contribution in [0.5, 0.6) is 0 Å². The van der Waals surface area contributed by atoms with Gasteiger partial charge in [-0.15, -0.1) is 0 Å². The standard InChI is InChI=1S/C23H22N4O2/c28-22(25-14-12-20-7-3-4-13-24-20)17-8-10-21(11-9-17)26-23(29)27-15-18-5-1-2-6-19(18)16-27/h1-11,13H,12,14-16H2,(H,25,28)(H,26,29). The van der Waals surface area contributed by atoms with Gasteiger partial charge in [-0.3, -0.25) is 9.78 Å². The lowest BCUT2D eigenvalue weighted by Gasteiger charge is -2.16. The van der Waals surface area contributed by atoms with Crippen LogP contribution in [0, 0.1) is 0 Å². The molecule has 2 N–H and O–H groups in total. The first-order chi connectivity index (χ1) is 14.2. The summed E-state index contributed by atoms with van der Waals surface area (Å²) in [6.07, 6.45) is 2.42. The Morgan fingerprint density at radius 2 is 1.59 bits per heavy atom. The van der Waals surface area contributed by atoms with Gasteiger partial charge in [0.25, 0.3) is 5.91 Å². The van der Waals surface area contributed by atoms with E-state index in [9.17, 15) is 9.59 Å². The highest BCUT2D eigenvalue weighted by atomic mass is 16.2. The number of carbonyl (C=O) groups is 2. The second-order valence-corrected chi connectivity index (χ2v) is 6.96. The molecule has 0 bridgehead atoms. The second kappa shape index (κ2) is 8.56. The van der Waals surface area contributed by atoms with Gasteiger partial charge in [0.2, 0.25) is 0 Å². The van der Waals surface area contributed by atoms with Crippen molar-refractivity contribution in [3.63, 3.8) is 0 Å². The number of amides is 3. The van der Waals surface area contributed by atoms with Crippen LogP contribution in [0.25, 0.3) is 0 Å². The molecule has 3 aromatic rings. The predicted octanol–water partition coefficient (Wildman–Crippen LogP) is 3.60. The third-order valence-corrected chi connectivity index (χ3v) is 4.92. The zero-order valence-electron chi connectivity index (χ0n) is 16.0. The fourth-order valence-corrected chi connectivity index (χ4v) is 3.34. The first-order valence-corrected chi connectivity index (χ1v) is 9.60. The SMILES string of the molecule is O=C(NCCc1ccccn1)c1ccc(NC(=O)N2Cc3ccccc3C2)cc1. The summed E-state index contributed by atoms with van der Waals surface area (Å²) in [7, 11) is 0. The minimum atomic E-state index is -0.145. The lowest BCUT2D eigenvalue weighted by atomic mass is 10.1. The minimum Gasteiger partial charge on any atom is -0.352 e. The number of aromatic nitrogens is 1. The molecule has 0 saturated heterocycles. The predicted molar refractivity (Wildman–Crippen MR) is 111 cm³/mol. The fourth-order valence-electron chi connectivity index (χ4n) is 3.34. The van der Waals surface area contributed by atoms with Crippen LogP contribution >= 0.6 is 0 Å². The number of rotatable bonds is 5. The Hall–Kier alpha value is -3.67. The Kier molecular flexibility index (Phi) is 5.52. The van der Waals surface area contributed by atoms with Gasteiger partial charge in [-0.25, -0.2) is 4.79 Å². The number of hydrogen-bond donors (Lipinski definition) is 2. The number of hydrogen-bond acceptors (Lipinski definition) is 3. The number of nitrogens with one attached hydrogen (secondary N) is 2. The number of fused-ring (bicyclic) bond motifs is 1. The lowest BCUT2D eigenvalue weighted by molar-refractivity contribution is 0.0954. The summed E-state index contributed by atoms with van der Waals surface area (Å²) in [5, 5.41) is 5.78. The van der Waals surface area contributed by atoms with Crippen LogP contribution in [0.2, 0.25) is 0 Å². The number of urea groups is 1. The molecule has 0 radical (unpaired) electrons. The van der Waals surface area contributed by atoms with Crippen LogP contribution in [0.1, 0.15) is 27.2 Å². The van der Waals surface area contributed by atoms with Crippen molar-refractivity contribution in [3.05, 3.63) is 95.3 Å². The van der Waals surface area contributed by atoms with Gasteiger partial charge < -0.3 is 15.5 Å². The largest absolute Gasteiger partial charge is 0.352 e. The number of benzene rings is 2. The zero-order valence-corrected chi connectivity index (χ0v) is 16.0. The van der Waals surface area contributed by atoms with Crippen LogP contribution in [-0.2, 0) is 19.5 Å². The van der Waals surface area contributed by atoms with Crippen molar-refractivity contribution >= 4 is 17.6 Å². The van der Waals surface area contributed by atoms with E-state index < -0.39 is 0 Å². The van der Waals surface area contributed by atoms with Gasteiger partial charge in [0.05, 0.1) is 0 Å². The average molecular weight is 386 g/mol. The van der Waals surface area contributed by atoms with Crippen LogP contribution in [0.4, 0.5) is 10.5 Å². The maximum atomic E-state index is 12.5. The molecule has 1 aromatic heterocycles. The summed E-state index contributed by atoms with van der Waals surface area (Å²) in [5.41, 5.74) is 4.52. The fraction of sp³-hybridized carbons (Fsp3) is 0.174. The van der Waals surface area contributed by atoms with Crippen molar-refractivity contribution in [3.8, 4) is 0 Å². The molecule has 0 aliphatic carbocycles. The van der Waals surface area contributed by atoms with Gasteiger partial charge in [-0.2, -0.15) is 0 Å². The number of anilines is 1. The first-order valence-electron chi connectivity index (χ1n) is 9.60. The molecule has 29 heavy (non-hydrogen) atoms. The Balaban J connectivity index is 1.27. The van der Waals surface area contributed by atoms with Gasteiger partial charge in [-0.05, 0) is 47.5 Å². The molecule has 2 heterocycles. The highest BCUT2D eigenvalue weighted by molar-refractivity contribution is 5.95. The Morgan fingerprint density at radius 1 is 0.897 bits per heavy atom. The van der Waals surface area contributed by atoms with Crippen LogP contribution in [0.3, 0.4) is 0 Å². The quantitative estimate of drug-likeness (QED) is 0.704. The van der Waals surface area contributed by atoms with E-state index in [-0.39, 0.29) is 11.9 Å². The molecular weight excluding hydrogens is 364 g/mol. The summed E-state index contributed by atoms with van der Waals surface area (Å²) in [6, 6.07) is 20.6. The van der Waals surface area contributed by atoms with Crippen LogP contribution in [0.15, 0.2) is 72.9 Å². The molecule has 6 nitrogen and oxygen atoms in total. The third kappa shape index (κ3) is 4.60. The number of carbonyl (C=O) groups excluding carboxylic acids is 2. The zero-order chi connectivity index (χ0) is 20.1. The van der Waals surface area contributed by atoms with Crippen molar-refractivity contribution in [2.45, 2.75) is 19.5 Å². The molecule has 4 rings (SSSR count). The van der Waals surface area contributed by atoms with Gasteiger partial charge in [-0.1, -0.05) is 30.3 Å². The van der Waals surface area contributed by atoms with Crippen LogP contribution < -0.4 is 10.6 Å². The molecule has 0 saturated carbocycles. The van der Waals surface area contributed by atoms with Crippen molar-refractivity contribution in [2.24, 2.45) is 0 Å². The van der Waals surface area contributed by atoms with E-state index in [1.807, 2.05) is 42.5 Å². The smallest absolute Gasteiger partial charge is 0.322 e. The Morgan fingerprint density at radius 3 is 2.24 bits per heavy atom. The molecule has 6 heteroatoms. The first kappa shape index (κ1) is 18.7. The molecule has 0 unspecified atom stereocenters. The van der Waals surface area contributed by atoms with Crippen molar-refractivity contribution < 1.29 is 9.59 Å². The van der Waals surface area contributed by atoms with Gasteiger partial charge in [0.1, 0.15) is 0 Å². The molecule has 1 aliphatic rings. The number of nitrogens with zero attached hydrogens (tertiary/aromatic N) is 2. The van der Waals surface area contributed by atoms with Gasteiger partial charge >= 0.3 is 6.03 Å². The molecule has 2 aromatic carbocycles. The van der Waals surface area contributed by atoms with Crippen molar-refractivity contribution in [1.82, 2.24) is 15.2 Å². The number of pyridine rings is 1. The summed E-state index contributed by atoms with van der Waals surface area (Å²) in [4.78, 5) is 30.8. The highest BCUT2D eigenvalue weighted by Gasteiger charge is 2.22. The van der Waals surface area contributed by atoms with E-state index in [0.717, 1.165) is 5.69 Å². The Bertz CT molecular complexity index is 978. The summed E-state index contributed by atoms with van der Waals surface area (Å²) < 4.78 is 0. The van der Waals surface area contributed by atoms with Gasteiger partial charge in [0, 0.05) is 49.2 Å². The maximum Gasteiger partial charge on any atom is 0.322 e. The summed E-state index contributed by atoms with van der Waals surface area (Å²) in [6.45, 7) is 1.74. The van der Waals surface area contributed by atoms with E-state index >= 15 is 0 Å². The summed E-state index contributed by atoms with van der Waals surface area (Å²) in [5.74, 6) is -0.145. The minimum absolute atomic E-state index is 0.145. The molecule has 0 atom stereocenters. The molecule has 146 valence electrons. The monoisotopic (exact) mass is 386 g/mol. The maximum absolute atomic E-state index is 12.5. The topological polar surface area (TPSA) is 74.3 Å². The molecule has 0 spiro atoms. The van der Waals surface area contributed by atoms with E-state index in [0.29, 0.717) is 37.3 Å². The van der Waals surface area contributed by atoms with E-state index in [4.69, 9.17) is 0 Å². The average Bonchev–Trinajstić information content (AvgIpc) is 3.19. The van der Waals surface area contributed by atoms with Crippen molar-refractivity contribution in [2.75, 3.05) is 11.9 Å². The van der Waals surface area contributed by atoms with Crippen molar-refractivity contribution in [1.29, 1.82) is 0 Å². The third-order valence-electron chi connectivity index (χ3n) is 4.92. The van der Waals surface area contributed by atoms with Crippen LogP contribution in [-0.4, -0.2) is 28.4 Å². The molecule has 0 fully saturated rings.